The van der Waals surface area contributed by atoms with Crippen LogP contribution in [0.2, 0.25) is 0 Å². The first kappa shape index (κ1) is 75.0. The lowest BCUT2D eigenvalue weighted by atomic mass is 10.0. The zero-order valence-corrected chi connectivity index (χ0v) is 52.6. The van der Waals surface area contributed by atoms with Gasteiger partial charge < -0.3 is 19.4 Å². The number of ether oxygens (including phenoxy) is 1. The molecule has 0 radical (unpaired) electrons. The molecule has 0 bridgehead atoms. The molecular formula is C67H128N2O7P+. The number of hydrogen-bond donors (Lipinski definition) is 2. The van der Waals surface area contributed by atoms with Crippen molar-refractivity contribution in [2.24, 2.45) is 0 Å². The first-order chi connectivity index (χ1) is 37.4. The van der Waals surface area contributed by atoms with Crippen LogP contribution in [0.3, 0.4) is 0 Å². The number of hydrogen-bond acceptors (Lipinski definition) is 6. The van der Waals surface area contributed by atoms with Gasteiger partial charge in [-0.15, -0.1) is 0 Å². The number of unbranched alkanes of at least 4 members (excludes halogenated alkanes) is 38. The molecule has 0 aliphatic heterocycles. The van der Waals surface area contributed by atoms with Gasteiger partial charge in [-0.2, -0.15) is 0 Å². The number of phosphoric acid groups is 1. The zero-order chi connectivity index (χ0) is 56.4. The molecule has 0 aromatic heterocycles. The van der Waals surface area contributed by atoms with E-state index < -0.39 is 20.0 Å². The second-order valence-electron chi connectivity index (χ2n) is 23.6. The number of nitrogens with one attached hydrogen (secondary N) is 1. The van der Waals surface area contributed by atoms with E-state index in [1.165, 1.54) is 193 Å². The molecule has 0 fully saturated rings. The smallest absolute Gasteiger partial charge is 0.456 e. The molecule has 0 rings (SSSR count). The first-order valence-electron chi connectivity index (χ1n) is 33.0. The number of rotatable bonds is 60. The van der Waals surface area contributed by atoms with Gasteiger partial charge >= 0.3 is 13.8 Å². The van der Waals surface area contributed by atoms with E-state index in [-0.39, 0.29) is 31.5 Å². The minimum absolute atomic E-state index is 0.0403. The monoisotopic (exact) mass is 1100 g/mol. The molecule has 3 atom stereocenters. The van der Waals surface area contributed by atoms with Crippen molar-refractivity contribution in [3.05, 3.63) is 48.6 Å². The van der Waals surface area contributed by atoms with Gasteiger partial charge in [0.1, 0.15) is 19.3 Å². The molecule has 452 valence electrons. The van der Waals surface area contributed by atoms with E-state index in [9.17, 15) is 19.0 Å². The van der Waals surface area contributed by atoms with Crippen molar-refractivity contribution in [2.45, 2.75) is 328 Å². The number of esters is 1. The van der Waals surface area contributed by atoms with Gasteiger partial charge in [-0.05, 0) is 83.1 Å². The minimum Gasteiger partial charge on any atom is -0.456 e. The highest BCUT2D eigenvalue weighted by Crippen LogP contribution is 2.43. The Morgan fingerprint density at radius 2 is 0.805 bits per heavy atom. The topological polar surface area (TPSA) is 111 Å². The van der Waals surface area contributed by atoms with Gasteiger partial charge in [-0.3, -0.25) is 18.6 Å². The van der Waals surface area contributed by atoms with Crippen molar-refractivity contribution in [1.29, 1.82) is 0 Å². The Hall–Kier alpha value is -2.03. The molecule has 3 unspecified atom stereocenters. The van der Waals surface area contributed by atoms with Crippen LogP contribution in [-0.2, 0) is 27.9 Å². The Bertz CT molecular complexity index is 1460. The van der Waals surface area contributed by atoms with E-state index >= 15 is 0 Å². The third-order valence-corrected chi connectivity index (χ3v) is 15.7. The van der Waals surface area contributed by atoms with Crippen LogP contribution in [0.4, 0.5) is 0 Å². The molecule has 0 aliphatic carbocycles. The van der Waals surface area contributed by atoms with Crippen molar-refractivity contribution in [1.82, 2.24) is 5.32 Å². The second-order valence-corrected chi connectivity index (χ2v) is 25.1. The summed E-state index contributed by atoms with van der Waals surface area (Å²) in [6, 6.07) is -0.849. The molecule has 0 heterocycles. The molecule has 0 saturated heterocycles. The third kappa shape index (κ3) is 58.4. The van der Waals surface area contributed by atoms with Crippen LogP contribution < -0.4 is 5.32 Å². The Morgan fingerprint density at radius 3 is 1.25 bits per heavy atom. The summed E-state index contributed by atoms with van der Waals surface area (Å²) in [5, 5.41) is 3.06. The van der Waals surface area contributed by atoms with E-state index in [4.69, 9.17) is 13.8 Å². The van der Waals surface area contributed by atoms with Crippen molar-refractivity contribution in [3.63, 3.8) is 0 Å². The lowest BCUT2D eigenvalue weighted by Crippen LogP contribution is -2.47. The molecule has 0 aromatic carbocycles. The zero-order valence-electron chi connectivity index (χ0n) is 51.7. The standard InChI is InChI=1S/C67H127N2O7P/c1-7-10-13-16-19-22-25-27-28-29-30-31-32-33-34-35-36-37-38-39-40-42-45-47-50-53-56-59-66(70)68-64(63-75-77(72,73)74-62-61-69(4,5)6)65(58-55-52-49-46-44-41-26-23-20-17-14-11-8-2)76-67(71)60-57-54-51-48-43-24-21-18-15-12-9-3/h18-19,21-22,27-28,55,58,64-65H,7-17,20,23-26,29-54,56-57,59-63H2,1-6H3,(H-,68,70,72,73)/p+1/b21-18-,22-19-,28-27-,58-55+. The van der Waals surface area contributed by atoms with Crippen LogP contribution >= 0.6 is 7.82 Å². The van der Waals surface area contributed by atoms with Crippen molar-refractivity contribution < 1.29 is 37.3 Å². The van der Waals surface area contributed by atoms with Gasteiger partial charge in [-0.25, -0.2) is 4.57 Å². The summed E-state index contributed by atoms with van der Waals surface area (Å²) in [7, 11) is 1.50. The lowest BCUT2D eigenvalue weighted by Gasteiger charge is -2.27. The van der Waals surface area contributed by atoms with E-state index in [2.05, 4.69) is 62.5 Å². The summed E-state index contributed by atoms with van der Waals surface area (Å²) in [4.78, 5) is 37.7. The van der Waals surface area contributed by atoms with Crippen molar-refractivity contribution in [3.8, 4) is 0 Å². The maximum Gasteiger partial charge on any atom is 0.472 e. The number of likely N-dealkylation sites (N-methyl/N-ethyl adjacent to an activating group) is 1. The Morgan fingerprint density at radius 1 is 0.455 bits per heavy atom. The van der Waals surface area contributed by atoms with Gasteiger partial charge in [0.05, 0.1) is 33.8 Å². The molecule has 9 nitrogen and oxygen atoms in total. The summed E-state index contributed by atoms with van der Waals surface area (Å²) >= 11 is 0. The highest BCUT2D eigenvalue weighted by atomic mass is 31.2. The average Bonchev–Trinajstić information content (AvgIpc) is 3.39. The molecule has 10 heteroatoms. The number of nitrogens with zero attached hydrogens (tertiary/aromatic N) is 1. The van der Waals surface area contributed by atoms with Gasteiger partial charge in [-0.1, -0.05) is 269 Å². The summed E-state index contributed by atoms with van der Waals surface area (Å²) in [6.07, 6.45) is 71.2. The predicted molar refractivity (Wildman–Crippen MR) is 332 cm³/mol. The highest BCUT2D eigenvalue weighted by Gasteiger charge is 2.30. The largest absolute Gasteiger partial charge is 0.472 e. The Kier molecular flexibility index (Phi) is 55.7. The number of quaternary nitrogens is 1. The summed E-state index contributed by atoms with van der Waals surface area (Å²) in [5.74, 6) is -0.505. The van der Waals surface area contributed by atoms with Crippen LogP contribution in [-0.4, -0.2) is 74.3 Å². The Labute approximate surface area is 478 Å². The molecular weight excluding hydrogens is 976 g/mol. The first-order valence-corrected chi connectivity index (χ1v) is 34.5. The van der Waals surface area contributed by atoms with Crippen molar-refractivity contribution in [2.75, 3.05) is 40.9 Å². The molecule has 77 heavy (non-hydrogen) atoms. The quantitative estimate of drug-likeness (QED) is 0.0205. The van der Waals surface area contributed by atoms with E-state index in [1.807, 2.05) is 33.3 Å². The molecule has 0 aromatic rings. The second kappa shape index (κ2) is 57.2. The fourth-order valence-electron chi connectivity index (χ4n) is 9.60. The highest BCUT2D eigenvalue weighted by molar-refractivity contribution is 7.47. The van der Waals surface area contributed by atoms with Crippen molar-refractivity contribution >= 4 is 19.7 Å². The van der Waals surface area contributed by atoms with Gasteiger partial charge in [0.25, 0.3) is 0 Å². The van der Waals surface area contributed by atoms with Gasteiger partial charge in [0, 0.05) is 12.8 Å². The number of carbonyl (C=O) groups is 2. The molecule has 0 aliphatic rings. The molecule has 0 saturated carbocycles. The number of allylic oxidation sites excluding steroid dienone is 7. The number of phosphoric ester groups is 1. The Balaban J connectivity index is 4.98. The van der Waals surface area contributed by atoms with Gasteiger partial charge in [0.2, 0.25) is 5.91 Å². The maximum atomic E-state index is 13.6. The maximum absolute atomic E-state index is 13.6. The van der Waals surface area contributed by atoms with Crippen LogP contribution in [0.25, 0.3) is 0 Å². The predicted octanol–water partition coefficient (Wildman–Crippen LogP) is 20.5. The van der Waals surface area contributed by atoms with Crippen LogP contribution in [0.5, 0.6) is 0 Å². The van der Waals surface area contributed by atoms with Crippen LogP contribution in [0.15, 0.2) is 48.6 Å². The van der Waals surface area contributed by atoms with Crippen LogP contribution in [0, 0.1) is 0 Å². The minimum atomic E-state index is -4.45. The van der Waals surface area contributed by atoms with Crippen LogP contribution in [0.1, 0.15) is 316 Å². The van der Waals surface area contributed by atoms with E-state index in [0.29, 0.717) is 17.4 Å². The summed E-state index contributed by atoms with van der Waals surface area (Å²) < 4.78 is 30.7. The molecule has 1 amide bonds. The normalized spacial score (nSPS) is 13.9. The summed E-state index contributed by atoms with van der Waals surface area (Å²) in [6.45, 7) is 6.98. The lowest BCUT2D eigenvalue weighted by molar-refractivity contribution is -0.870. The van der Waals surface area contributed by atoms with E-state index in [1.54, 1.807) is 0 Å². The number of carbonyl (C=O) groups excluding carboxylic acids is 2. The summed E-state index contributed by atoms with van der Waals surface area (Å²) in [5.41, 5.74) is 0. The average molecular weight is 1100 g/mol. The molecule has 2 N–H and O–H groups in total. The number of amides is 1. The third-order valence-electron chi connectivity index (χ3n) is 14.7. The fourth-order valence-corrected chi connectivity index (χ4v) is 10.3. The SMILES string of the molecule is CCCC/C=C\CCCCCCCC(=O)OC(/C=C/CCCCCCCCCCCCC)C(COP(=O)(O)OCC[N+](C)(C)C)NC(=O)CCCCCCCCCCCCCCCCCCC/C=C\C/C=C\CCCCC. The van der Waals surface area contributed by atoms with E-state index in [0.717, 1.165) is 89.9 Å². The fraction of sp³-hybridized carbons (Fsp3) is 0.851. The van der Waals surface area contributed by atoms with Gasteiger partial charge in [0.15, 0.2) is 0 Å². The molecule has 0 spiro atoms.